The molecule has 0 aliphatic heterocycles. The van der Waals surface area contributed by atoms with E-state index in [1.165, 1.54) is 0 Å². The zero-order valence-corrected chi connectivity index (χ0v) is 14.2. The van der Waals surface area contributed by atoms with Crippen molar-refractivity contribution < 1.29 is 4.79 Å². The Morgan fingerprint density at radius 2 is 2.18 bits per heavy atom. The van der Waals surface area contributed by atoms with E-state index >= 15 is 0 Å². The second-order valence-corrected chi connectivity index (χ2v) is 6.81. The average molecular weight is 340 g/mol. The van der Waals surface area contributed by atoms with Crippen LogP contribution in [0.4, 0.5) is 0 Å². The Bertz CT molecular complexity index is 610. The largest absolute Gasteiger partial charge is 0.337 e. The van der Waals surface area contributed by atoms with E-state index in [4.69, 9.17) is 23.2 Å². The Balaban J connectivity index is 1.91. The minimum absolute atomic E-state index is 0.156. The molecule has 1 saturated carbocycles. The summed E-state index contributed by atoms with van der Waals surface area (Å²) in [6, 6.07) is 7.66. The molecule has 1 fully saturated rings. The van der Waals surface area contributed by atoms with Crippen molar-refractivity contribution in [3.8, 4) is 6.07 Å². The summed E-state index contributed by atoms with van der Waals surface area (Å²) < 4.78 is 0. The van der Waals surface area contributed by atoms with Gasteiger partial charge < -0.3 is 5.32 Å². The van der Waals surface area contributed by atoms with E-state index in [1.54, 1.807) is 13.0 Å². The number of likely N-dealkylation sites (N-methyl/N-ethyl adjacent to an activating group) is 1. The van der Waals surface area contributed by atoms with E-state index in [0.717, 1.165) is 18.4 Å². The maximum absolute atomic E-state index is 12.1. The van der Waals surface area contributed by atoms with Gasteiger partial charge in [0, 0.05) is 6.54 Å². The molecule has 0 aromatic heterocycles. The number of nitrogens with zero attached hydrogens (tertiary/aromatic N) is 2. The molecule has 22 heavy (non-hydrogen) atoms. The van der Waals surface area contributed by atoms with Crippen LogP contribution < -0.4 is 5.32 Å². The molecule has 0 heterocycles. The zero-order valence-electron chi connectivity index (χ0n) is 12.7. The Kier molecular flexibility index (Phi) is 5.33. The fraction of sp³-hybridized carbons (Fsp3) is 0.500. The summed E-state index contributed by atoms with van der Waals surface area (Å²) in [5.41, 5.74) is 0.112. The first-order chi connectivity index (χ1) is 10.4. The lowest BCUT2D eigenvalue weighted by Gasteiger charge is -2.25. The highest BCUT2D eigenvalue weighted by Crippen LogP contribution is 2.39. The number of nitriles is 1. The van der Waals surface area contributed by atoms with Gasteiger partial charge in [0.25, 0.3) is 0 Å². The maximum Gasteiger partial charge on any atom is 0.235 e. The molecule has 0 bridgehead atoms. The molecule has 0 saturated heterocycles. The molecular formula is C16H19Cl2N3O. The topological polar surface area (TPSA) is 56.1 Å². The highest BCUT2D eigenvalue weighted by atomic mass is 35.5. The van der Waals surface area contributed by atoms with Gasteiger partial charge in [-0.3, -0.25) is 9.69 Å². The predicted molar refractivity (Wildman–Crippen MR) is 87.7 cm³/mol. The molecule has 1 aliphatic rings. The summed E-state index contributed by atoms with van der Waals surface area (Å²) in [6.45, 7) is 2.50. The summed E-state index contributed by atoms with van der Waals surface area (Å²) >= 11 is 12.1. The number of halogens is 2. The third kappa shape index (κ3) is 4.13. The quantitative estimate of drug-likeness (QED) is 0.865. The number of rotatable bonds is 6. The maximum atomic E-state index is 12.1. The van der Waals surface area contributed by atoms with E-state index in [2.05, 4.69) is 11.4 Å². The second-order valence-electron chi connectivity index (χ2n) is 6.02. The lowest BCUT2D eigenvalue weighted by molar-refractivity contribution is -0.123. The van der Waals surface area contributed by atoms with Crippen LogP contribution >= 0.6 is 23.2 Å². The van der Waals surface area contributed by atoms with E-state index < -0.39 is 5.54 Å². The summed E-state index contributed by atoms with van der Waals surface area (Å²) in [4.78, 5) is 14.0. The molecule has 1 N–H and O–H groups in total. The van der Waals surface area contributed by atoms with Crippen molar-refractivity contribution in [3.63, 3.8) is 0 Å². The Morgan fingerprint density at radius 1 is 1.50 bits per heavy atom. The first-order valence-corrected chi connectivity index (χ1v) is 7.95. The molecule has 0 unspecified atom stereocenters. The fourth-order valence-electron chi connectivity index (χ4n) is 2.47. The van der Waals surface area contributed by atoms with Gasteiger partial charge in [-0.1, -0.05) is 35.3 Å². The highest BCUT2D eigenvalue weighted by molar-refractivity contribution is 6.42. The molecule has 2 rings (SSSR count). The van der Waals surface area contributed by atoms with Crippen LogP contribution in [0.3, 0.4) is 0 Å². The number of nitrogens with one attached hydrogen (secondary N) is 1. The van der Waals surface area contributed by atoms with Gasteiger partial charge >= 0.3 is 0 Å². The predicted octanol–water partition coefficient (Wildman–Crippen LogP) is 3.23. The van der Waals surface area contributed by atoms with Crippen molar-refractivity contribution in [2.24, 2.45) is 5.92 Å². The standard InChI is InChI=1S/C16H19Cl2N3O/c1-16(10-19,12-6-7-12)20-14(22)9-21(2)8-11-4-3-5-13(17)15(11)18/h3-5,12H,6-9H2,1-2H3,(H,20,22)/t16-/m0/s1. The van der Waals surface area contributed by atoms with Crippen LogP contribution in [0.15, 0.2) is 18.2 Å². The zero-order chi connectivity index (χ0) is 16.3. The Labute approximate surface area is 141 Å². The molecule has 4 nitrogen and oxygen atoms in total. The molecule has 0 spiro atoms. The van der Waals surface area contributed by atoms with Crippen molar-refractivity contribution in [2.45, 2.75) is 31.8 Å². The third-order valence-corrected chi connectivity index (χ3v) is 4.77. The minimum Gasteiger partial charge on any atom is -0.337 e. The van der Waals surface area contributed by atoms with Gasteiger partial charge in [-0.15, -0.1) is 0 Å². The molecule has 1 aliphatic carbocycles. The van der Waals surface area contributed by atoms with Gasteiger partial charge in [0.15, 0.2) is 0 Å². The van der Waals surface area contributed by atoms with Crippen LogP contribution in [-0.2, 0) is 11.3 Å². The number of benzene rings is 1. The molecule has 1 amide bonds. The summed E-state index contributed by atoms with van der Waals surface area (Å²) in [5.74, 6) is 0.116. The molecular weight excluding hydrogens is 321 g/mol. The molecule has 6 heteroatoms. The van der Waals surface area contributed by atoms with E-state index in [0.29, 0.717) is 16.6 Å². The van der Waals surface area contributed by atoms with E-state index in [1.807, 2.05) is 24.1 Å². The number of hydrogen-bond donors (Lipinski definition) is 1. The average Bonchev–Trinajstić information content (AvgIpc) is 3.28. The van der Waals surface area contributed by atoms with Crippen molar-refractivity contribution in [2.75, 3.05) is 13.6 Å². The van der Waals surface area contributed by atoms with Crippen LogP contribution in [0.2, 0.25) is 10.0 Å². The molecule has 118 valence electrons. The summed E-state index contributed by atoms with van der Waals surface area (Å²) in [5, 5.41) is 13.1. The molecule has 1 atom stereocenters. The van der Waals surface area contributed by atoms with Gasteiger partial charge in [0.1, 0.15) is 5.54 Å². The second kappa shape index (κ2) is 6.87. The van der Waals surface area contributed by atoms with Crippen LogP contribution in [0.25, 0.3) is 0 Å². The van der Waals surface area contributed by atoms with Gasteiger partial charge in [-0.05, 0) is 44.4 Å². The van der Waals surface area contributed by atoms with Crippen LogP contribution in [0.1, 0.15) is 25.3 Å². The lowest BCUT2D eigenvalue weighted by Crippen LogP contribution is -2.49. The molecule has 0 radical (unpaired) electrons. The molecule has 1 aromatic rings. The monoisotopic (exact) mass is 339 g/mol. The van der Waals surface area contributed by atoms with Gasteiger partial charge in [0.05, 0.1) is 22.7 Å². The fourth-order valence-corrected chi connectivity index (χ4v) is 2.85. The van der Waals surface area contributed by atoms with Gasteiger partial charge in [-0.25, -0.2) is 0 Å². The third-order valence-electron chi connectivity index (χ3n) is 3.91. The van der Waals surface area contributed by atoms with Gasteiger partial charge in [0.2, 0.25) is 5.91 Å². The van der Waals surface area contributed by atoms with Crippen molar-refractivity contribution in [1.29, 1.82) is 5.26 Å². The molecule has 1 aromatic carbocycles. The number of carbonyl (C=O) groups excluding carboxylic acids is 1. The van der Waals surface area contributed by atoms with Crippen LogP contribution in [0, 0.1) is 17.2 Å². The highest BCUT2D eigenvalue weighted by Gasteiger charge is 2.43. The SMILES string of the molecule is CN(CC(=O)N[C@@](C)(C#N)C1CC1)Cc1cccc(Cl)c1Cl. The van der Waals surface area contributed by atoms with Gasteiger partial charge in [-0.2, -0.15) is 5.26 Å². The van der Waals surface area contributed by atoms with Crippen molar-refractivity contribution in [3.05, 3.63) is 33.8 Å². The van der Waals surface area contributed by atoms with Crippen LogP contribution in [-0.4, -0.2) is 29.9 Å². The number of carbonyl (C=O) groups is 1. The minimum atomic E-state index is -0.758. The van der Waals surface area contributed by atoms with E-state index in [9.17, 15) is 10.1 Å². The van der Waals surface area contributed by atoms with Crippen molar-refractivity contribution >= 4 is 29.1 Å². The van der Waals surface area contributed by atoms with E-state index in [-0.39, 0.29) is 18.4 Å². The Hall–Kier alpha value is -1.28. The normalized spacial score (nSPS) is 16.9. The number of amides is 1. The smallest absolute Gasteiger partial charge is 0.235 e. The number of hydrogen-bond acceptors (Lipinski definition) is 3. The van der Waals surface area contributed by atoms with Crippen LogP contribution in [0.5, 0.6) is 0 Å². The Morgan fingerprint density at radius 3 is 2.77 bits per heavy atom. The van der Waals surface area contributed by atoms with Crippen molar-refractivity contribution in [1.82, 2.24) is 10.2 Å². The first-order valence-electron chi connectivity index (χ1n) is 7.19. The first kappa shape index (κ1) is 17.1. The lowest BCUT2D eigenvalue weighted by atomic mass is 9.98. The summed E-state index contributed by atoms with van der Waals surface area (Å²) in [7, 11) is 1.83. The summed E-state index contributed by atoms with van der Waals surface area (Å²) in [6.07, 6.45) is 2.00.